The van der Waals surface area contributed by atoms with Gasteiger partial charge in [0.2, 0.25) is 0 Å². The number of carbonyl (C=O) groups is 2. The first-order valence-electron chi connectivity index (χ1n) is 6.01. The Morgan fingerprint density at radius 1 is 1.37 bits per heavy atom. The number of rotatable bonds is 6. The molecular weight excluding hydrogens is 262 g/mol. The summed E-state index contributed by atoms with van der Waals surface area (Å²) in [6, 6.07) is 3.38. The molecule has 0 aromatic carbocycles. The lowest BCUT2D eigenvalue weighted by Crippen LogP contribution is -2.24. The van der Waals surface area contributed by atoms with Crippen LogP contribution in [0.2, 0.25) is 0 Å². The van der Waals surface area contributed by atoms with Crippen molar-refractivity contribution < 1.29 is 9.59 Å². The number of aromatic nitrogens is 2. The first kappa shape index (κ1) is 13.5. The fourth-order valence-electron chi connectivity index (χ4n) is 1.62. The standard InChI is InChI=1S/C13H15N3O2S/c1-10(17)11-3-4-12(19-11)13(18)15-5-2-7-16-8-6-14-9-16/h3-4,6,8-9H,2,5,7H2,1H3,(H,15,18). The molecule has 0 unspecified atom stereocenters. The third-order valence-corrected chi connectivity index (χ3v) is 3.80. The highest BCUT2D eigenvalue weighted by Gasteiger charge is 2.10. The molecule has 19 heavy (non-hydrogen) atoms. The molecular formula is C13H15N3O2S. The Balaban J connectivity index is 1.76. The Kier molecular flexibility index (Phi) is 4.46. The zero-order valence-electron chi connectivity index (χ0n) is 10.6. The van der Waals surface area contributed by atoms with Crippen LogP contribution in [0.4, 0.5) is 0 Å². The molecule has 1 N–H and O–H groups in total. The molecule has 2 aromatic rings. The highest BCUT2D eigenvalue weighted by molar-refractivity contribution is 7.15. The van der Waals surface area contributed by atoms with Gasteiger partial charge in [0.15, 0.2) is 5.78 Å². The van der Waals surface area contributed by atoms with Gasteiger partial charge in [0.1, 0.15) is 0 Å². The summed E-state index contributed by atoms with van der Waals surface area (Å²) in [7, 11) is 0. The van der Waals surface area contributed by atoms with E-state index < -0.39 is 0 Å². The largest absolute Gasteiger partial charge is 0.351 e. The third-order valence-electron chi connectivity index (χ3n) is 2.61. The van der Waals surface area contributed by atoms with Gasteiger partial charge in [-0.2, -0.15) is 0 Å². The maximum atomic E-state index is 11.8. The number of ketones is 1. The molecule has 1 amide bonds. The Hall–Kier alpha value is -1.95. The zero-order valence-corrected chi connectivity index (χ0v) is 11.4. The monoisotopic (exact) mass is 277 g/mol. The minimum Gasteiger partial charge on any atom is -0.351 e. The zero-order chi connectivity index (χ0) is 13.7. The number of hydrogen-bond acceptors (Lipinski definition) is 4. The molecule has 2 aromatic heterocycles. The first-order valence-corrected chi connectivity index (χ1v) is 6.83. The molecule has 2 heterocycles. The van der Waals surface area contributed by atoms with Crippen molar-refractivity contribution in [3.63, 3.8) is 0 Å². The van der Waals surface area contributed by atoms with Gasteiger partial charge < -0.3 is 9.88 Å². The highest BCUT2D eigenvalue weighted by atomic mass is 32.1. The number of imidazole rings is 1. The number of hydrogen-bond donors (Lipinski definition) is 1. The van der Waals surface area contributed by atoms with Gasteiger partial charge in [-0.05, 0) is 25.5 Å². The van der Waals surface area contributed by atoms with Crippen molar-refractivity contribution in [3.05, 3.63) is 40.6 Å². The van der Waals surface area contributed by atoms with E-state index in [1.54, 1.807) is 24.7 Å². The number of nitrogens with one attached hydrogen (secondary N) is 1. The molecule has 0 aliphatic rings. The van der Waals surface area contributed by atoms with E-state index in [0.717, 1.165) is 13.0 Å². The number of aryl methyl sites for hydroxylation is 1. The van der Waals surface area contributed by atoms with Crippen LogP contribution in [0.15, 0.2) is 30.9 Å². The lowest BCUT2D eigenvalue weighted by molar-refractivity contribution is 0.0956. The second kappa shape index (κ2) is 6.29. The van der Waals surface area contributed by atoms with Gasteiger partial charge in [-0.1, -0.05) is 0 Å². The first-order chi connectivity index (χ1) is 9.16. The fourth-order valence-corrected chi connectivity index (χ4v) is 2.44. The van der Waals surface area contributed by atoms with Gasteiger partial charge in [0.25, 0.3) is 5.91 Å². The van der Waals surface area contributed by atoms with Crippen LogP contribution in [-0.4, -0.2) is 27.8 Å². The molecule has 0 bridgehead atoms. The maximum absolute atomic E-state index is 11.8. The van der Waals surface area contributed by atoms with Crippen LogP contribution in [0.1, 0.15) is 32.7 Å². The van der Waals surface area contributed by atoms with Gasteiger partial charge in [0.05, 0.1) is 16.1 Å². The summed E-state index contributed by atoms with van der Waals surface area (Å²) >= 11 is 1.23. The van der Waals surface area contributed by atoms with Gasteiger partial charge in [-0.3, -0.25) is 9.59 Å². The van der Waals surface area contributed by atoms with E-state index in [1.807, 2.05) is 10.8 Å². The molecule has 6 heteroatoms. The smallest absolute Gasteiger partial charge is 0.261 e. The summed E-state index contributed by atoms with van der Waals surface area (Å²) in [6.45, 7) is 2.92. The van der Waals surface area contributed by atoms with Crippen molar-refractivity contribution in [2.24, 2.45) is 0 Å². The molecule has 0 aliphatic heterocycles. The van der Waals surface area contributed by atoms with Gasteiger partial charge in [-0.15, -0.1) is 11.3 Å². The van der Waals surface area contributed by atoms with Crippen LogP contribution < -0.4 is 5.32 Å². The Morgan fingerprint density at radius 3 is 2.79 bits per heavy atom. The van der Waals surface area contributed by atoms with E-state index in [-0.39, 0.29) is 11.7 Å². The Morgan fingerprint density at radius 2 is 2.16 bits per heavy atom. The molecule has 100 valence electrons. The molecule has 2 rings (SSSR count). The average molecular weight is 277 g/mol. The summed E-state index contributed by atoms with van der Waals surface area (Å²) in [6.07, 6.45) is 6.21. The average Bonchev–Trinajstić information content (AvgIpc) is 3.05. The van der Waals surface area contributed by atoms with Gasteiger partial charge in [0, 0.05) is 25.5 Å². The van der Waals surface area contributed by atoms with Crippen LogP contribution in [0, 0.1) is 0 Å². The fraction of sp³-hybridized carbons (Fsp3) is 0.308. The van der Waals surface area contributed by atoms with Crippen molar-refractivity contribution in [2.75, 3.05) is 6.54 Å². The minimum absolute atomic E-state index is 0.0100. The summed E-state index contributed by atoms with van der Waals surface area (Å²) in [4.78, 5) is 28.1. The van der Waals surface area contributed by atoms with E-state index in [0.29, 0.717) is 16.3 Å². The van der Waals surface area contributed by atoms with Crippen LogP contribution in [0.25, 0.3) is 0 Å². The summed E-state index contributed by atoms with van der Waals surface area (Å²) in [5, 5.41) is 2.84. The van der Waals surface area contributed by atoms with Crippen molar-refractivity contribution in [1.82, 2.24) is 14.9 Å². The van der Waals surface area contributed by atoms with Gasteiger partial charge >= 0.3 is 0 Å². The molecule has 0 atom stereocenters. The van der Waals surface area contributed by atoms with Crippen LogP contribution in [0.3, 0.4) is 0 Å². The number of nitrogens with zero attached hydrogens (tertiary/aromatic N) is 2. The number of thiophene rings is 1. The second-order valence-corrected chi connectivity index (χ2v) is 5.21. The SMILES string of the molecule is CC(=O)c1ccc(C(=O)NCCCn2ccnc2)s1. The Bertz CT molecular complexity index is 560. The highest BCUT2D eigenvalue weighted by Crippen LogP contribution is 2.16. The molecule has 0 radical (unpaired) electrons. The quantitative estimate of drug-likeness (QED) is 0.648. The normalized spacial score (nSPS) is 10.4. The van der Waals surface area contributed by atoms with E-state index in [9.17, 15) is 9.59 Å². The minimum atomic E-state index is -0.122. The third kappa shape index (κ3) is 3.75. The molecule has 0 spiro atoms. The summed E-state index contributed by atoms with van der Waals surface area (Å²) in [5.41, 5.74) is 0. The number of Topliss-reactive ketones (excluding diaryl/α,β-unsaturated/α-hetero) is 1. The van der Waals surface area contributed by atoms with Gasteiger partial charge in [-0.25, -0.2) is 4.98 Å². The van der Waals surface area contributed by atoms with E-state index >= 15 is 0 Å². The lowest BCUT2D eigenvalue weighted by Gasteiger charge is -2.04. The molecule has 5 nitrogen and oxygen atoms in total. The second-order valence-electron chi connectivity index (χ2n) is 4.13. The molecule has 0 fully saturated rings. The maximum Gasteiger partial charge on any atom is 0.261 e. The lowest BCUT2D eigenvalue weighted by atomic mass is 10.3. The van der Waals surface area contributed by atoms with E-state index in [4.69, 9.17) is 0 Å². The predicted molar refractivity (Wildman–Crippen MR) is 73.5 cm³/mol. The Labute approximate surface area is 115 Å². The van der Waals surface area contributed by atoms with Crippen molar-refractivity contribution in [3.8, 4) is 0 Å². The van der Waals surface area contributed by atoms with E-state index in [1.165, 1.54) is 18.3 Å². The van der Waals surface area contributed by atoms with Crippen LogP contribution >= 0.6 is 11.3 Å². The summed E-state index contributed by atoms with van der Waals surface area (Å²) in [5.74, 6) is -0.132. The molecule has 0 saturated heterocycles. The van der Waals surface area contributed by atoms with Crippen molar-refractivity contribution in [2.45, 2.75) is 19.9 Å². The van der Waals surface area contributed by atoms with Crippen molar-refractivity contribution >= 4 is 23.0 Å². The number of carbonyl (C=O) groups excluding carboxylic acids is 2. The van der Waals surface area contributed by atoms with Crippen LogP contribution in [0.5, 0.6) is 0 Å². The summed E-state index contributed by atoms with van der Waals surface area (Å²) < 4.78 is 1.96. The predicted octanol–water partition coefficient (Wildman–Crippen LogP) is 1.97. The van der Waals surface area contributed by atoms with Crippen molar-refractivity contribution in [1.29, 1.82) is 0 Å². The van der Waals surface area contributed by atoms with E-state index in [2.05, 4.69) is 10.3 Å². The van der Waals surface area contributed by atoms with Crippen LogP contribution in [-0.2, 0) is 6.54 Å². The molecule has 0 aliphatic carbocycles. The topological polar surface area (TPSA) is 64.0 Å². The number of amides is 1. The molecule has 0 saturated carbocycles.